The van der Waals surface area contributed by atoms with Crippen molar-refractivity contribution in [3.63, 3.8) is 0 Å². The van der Waals surface area contributed by atoms with Crippen LogP contribution in [0.1, 0.15) is 23.1 Å². The molecule has 2 heterocycles. The quantitative estimate of drug-likeness (QED) is 0.861. The molecular formula is C12H16N6O2. The lowest BCUT2D eigenvalue weighted by atomic mass is 10.4. The molecule has 2 aromatic heterocycles. The van der Waals surface area contributed by atoms with Crippen LogP contribution in [0.3, 0.4) is 0 Å². The second kappa shape index (κ2) is 5.16. The summed E-state index contributed by atoms with van der Waals surface area (Å²) in [4.78, 5) is 23.1. The molecule has 0 bridgehead atoms. The van der Waals surface area contributed by atoms with E-state index in [1.54, 1.807) is 24.8 Å². The van der Waals surface area contributed by atoms with Gasteiger partial charge in [-0.05, 0) is 6.92 Å². The van der Waals surface area contributed by atoms with Crippen LogP contribution >= 0.6 is 0 Å². The standard InChI is InChI=1S/C12H16N6O2/c1-7-5-10(17(3)15-7)14-12(20)9-6-11(13-8(2)19)18(4)16-9/h5-6H,1-4H3,(H,13,19)(H,14,20). The number of carbonyl (C=O) groups excluding carboxylic acids is 2. The van der Waals surface area contributed by atoms with Crippen molar-refractivity contribution in [1.29, 1.82) is 0 Å². The van der Waals surface area contributed by atoms with E-state index < -0.39 is 0 Å². The van der Waals surface area contributed by atoms with Crippen LogP contribution in [0.5, 0.6) is 0 Å². The SMILES string of the molecule is CC(=O)Nc1cc(C(=O)Nc2cc(C)nn2C)nn1C. The van der Waals surface area contributed by atoms with E-state index in [1.807, 2.05) is 6.92 Å². The fourth-order valence-corrected chi connectivity index (χ4v) is 1.78. The van der Waals surface area contributed by atoms with Gasteiger partial charge < -0.3 is 10.6 Å². The highest BCUT2D eigenvalue weighted by Crippen LogP contribution is 2.13. The molecule has 2 rings (SSSR count). The van der Waals surface area contributed by atoms with Crippen molar-refractivity contribution in [2.75, 3.05) is 10.6 Å². The van der Waals surface area contributed by atoms with Crippen LogP contribution in [0, 0.1) is 6.92 Å². The summed E-state index contributed by atoms with van der Waals surface area (Å²) < 4.78 is 3.01. The van der Waals surface area contributed by atoms with E-state index in [2.05, 4.69) is 20.8 Å². The largest absolute Gasteiger partial charge is 0.311 e. The first kappa shape index (κ1) is 13.8. The van der Waals surface area contributed by atoms with Gasteiger partial charge >= 0.3 is 0 Å². The number of aromatic nitrogens is 4. The van der Waals surface area contributed by atoms with Crippen molar-refractivity contribution in [1.82, 2.24) is 19.6 Å². The predicted octanol–water partition coefficient (Wildman–Crippen LogP) is 0.673. The first-order chi connectivity index (χ1) is 9.36. The van der Waals surface area contributed by atoms with E-state index in [4.69, 9.17) is 0 Å². The van der Waals surface area contributed by atoms with E-state index in [9.17, 15) is 9.59 Å². The first-order valence-corrected chi connectivity index (χ1v) is 6.00. The Kier molecular flexibility index (Phi) is 3.55. The highest BCUT2D eigenvalue weighted by molar-refractivity contribution is 6.03. The Hall–Kier alpha value is -2.64. The number of rotatable bonds is 3. The molecule has 20 heavy (non-hydrogen) atoms. The van der Waals surface area contributed by atoms with Crippen LogP contribution in [0.25, 0.3) is 0 Å². The zero-order valence-electron chi connectivity index (χ0n) is 11.8. The first-order valence-electron chi connectivity index (χ1n) is 6.00. The maximum atomic E-state index is 12.1. The molecule has 0 aliphatic heterocycles. The molecule has 0 saturated heterocycles. The minimum atomic E-state index is -0.361. The smallest absolute Gasteiger partial charge is 0.277 e. The second-order valence-corrected chi connectivity index (χ2v) is 4.47. The Balaban J connectivity index is 2.17. The number of aryl methyl sites for hydroxylation is 3. The molecule has 0 atom stereocenters. The molecule has 8 nitrogen and oxygen atoms in total. The third-order valence-corrected chi connectivity index (χ3v) is 2.66. The van der Waals surface area contributed by atoms with Crippen molar-refractivity contribution in [2.24, 2.45) is 14.1 Å². The molecule has 0 aromatic carbocycles. The van der Waals surface area contributed by atoms with Crippen LogP contribution in [-0.2, 0) is 18.9 Å². The van der Waals surface area contributed by atoms with Gasteiger partial charge in [0.1, 0.15) is 11.6 Å². The third kappa shape index (κ3) is 2.85. The van der Waals surface area contributed by atoms with E-state index in [-0.39, 0.29) is 17.5 Å². The van der Waals surface area contributed by atoms with E-state index >= 15 is 0 Å². The molecule has 0 aliphatic rings. The zero-order valence-corrected chi connectivity index (χ0v) is 11.8. The Morgan fingerprint density at radius 1 is 1.05 bits per heavy atom. The van der Waals surface area contributed by atoms with Gasteiger partial charge in [0.2, 0.25) is 5.91 Å². The molecule has 106 valence electrons. The molecule has 0 radical (unpaired) electrons. The lowest BCUT2D eigenvalue weighted by Crippen LogP contribution is -2.15. The Bertz CT molecular complexity index is 670. The average Bonchev–Trinajstić information content (AvgIpc) is 2.83. The van der Waals surface area contributed by atoms with E-state index in [1.165, 1.54) is 17.7 Å². The monoisotopic (exact) mass is 276 g/mol. The van der Waals surface area contributed by atoms with Gasteiger partial charge in [0.05, 0.1) is 5.69 Å². The van der Waals surface area contributed by atoms with Gasteiger partial charge in [0, 0.05) is 33.2 Å². The van der Waals surface area contributed by atoms with Gasteiger partial charge in [-0.1, -0.05) is 0 Å². The summed E-state index contributed by atoms with van der Waals surface area (Å²) >= 11 is 0. The summed E-state index contributed by atoms with van der Waals surface area (Å²) in [5.74, 6) is 0.463. The number of hydrogen-bond acceptors (Lipinski definition) is 4. The van der Waals surface area contributed by atoms with Gasteiger partial charge in [0.15, 0.2) is 5.69 Å². The van der Waals surface area contributed by atoms with Crippen LogP contribution in [-0.4, -0.2) is 31.4 Å². The molecule has 0 spiro atoms. The lowest BCUT2D eigenvalue weighted by molar-refractivity contribution is -0.114. The highest BCUT2D eigenvalue weighted by atomic mass is 16.2. The summed E-state index contributed by atoms with van der Waals surface area (Å²) in [5.41, 5.74) is 1.03. The molecule has 0 unspecified atom stereocenters. The van der Waals surface area contributed by atoms with Gasteiger partial charge in [-0.2, -0.15) is 10.2 Å². The van der Waals surface area contributed by atoms with E-state index in [0.717, 1.165) is 5.69 Å². The highest BCUT2D eigenvalue weighted by Gasteiger charge is 2.15. The van der Waals surface area contributed by atoms with Crippen molar-refractivity contribution in [3.8, 4) is 0 Å². The topological polar surface area (TPSA) is 93.8 Å². The van der Waals surface area contributed by atoms with Crippen LogP contribution < -0.4 is 10.6 Å². The van der Waals surface area contributed by atoms with Gasteiger partial charge in [-0.25, -0.2) is 0 Å². The van der Waals surface area contributed by atoms with Crippen LogP contribution in [0.15, 0.2) is 12.1 Å². The maximum absolute atomic E-state index is 12.1. The van der Waals surface area contributed by atoms with Crippen LogP contribution in [0.4, 0.5) is 11.6 Å². The number of nitrogens with one attached hydrogen (secondary N) is 2. The number of hydrogen-bond donors (Lipinski definition) is 2. The molecule has 8 heteroatoms. The normalized spacial score (nSPS) is 10.4. The average molecular weight is 276 g/mol. The summed E-state index contributed by atoms with van der Waals surface area (Å²) in [6.45, 7) is 3.23. The van der Waals surface area contributed by atoms with Gasteiger partial charge in [0.25, 0.3) is 5.91 Å². The number of carbonyl (C=O) groups is 2. The third-order valence-electron chi connectivity index (χ3n) is 2.66. The Morgan fingerprint density at radius 3 is 2.20 bits per heavy atom. The minimum absolute atomic E-state index is 0.218. The number of amides is 2. The molecular weight excluding hydrogens is 260 g/mol. The van der Waals surface area contributed by atoms with Crippen molar-refractivity contribution in [3.05, 3.63) is 23.5 Å². The Morgan fingerprint density at radius 2 is 1.65 bits per heavy atom. The number of anilines is 2. The molecule has 0 aliphatic carbocycles. The molecule has 2 amide bonds. The van der Waals surface area contributed by atoms with E-state index in [0.29, 0.717) is 11.6 Å². The zero-order chi connectivity index (χ0) is 14.9. The lowest BCUT2D eigenvalue weighted by Gasteiger charge is -2.02. The Labute approximate surface area is 115 Å². The maximum Gasteiger partial charge on any atom is 0.277 e. The molecule has 0 fully saturated rings. The van der Waals surface area contributed by atoms with Crippen molar-refractivity contribution in [2.45, 2.75) is 13.8 Å². The van der Waals surface area contributed by atoms with Gasteiger partial charge in [-0.15, -0.1) is 0 Å². The van der Waals surface area contributed by atoms with Gasteiger partial charge in [-0.3, -0.25) is 19.0 Å². The summed E-state index contributed by atoms with van der Waals surface area (Å²) in [7, 11) is 3.39. The van der Waals surface area contributed by atoms with Crippen molar-refractivity contribution >= 4 is 23.5 Å². The fraction of sp³-hybridized carbons (Fsp3) is 0.333. The predicted molar refractivity (Wildman–Crippen MR) is 73.4 cm³/mol. The molecule has 2 N–H and O–H groups in total. The summed E-state index contributed by atoms with van der Waals surface area (Å²) in [6.07, 6.45) is 0. The van der Waals surface area contributed by atoms with Crippen molar-refractivity contribution < 1.29 is 9.59 Å². The minimum Gasteiger partial charge on any atom is -0.311 e. The fourth-order valence-electron chi connectivity index (χ4n) is 1.78. The molecule has 2 aromatic rings. The second-order valence-electron chi connectivity index (χ2n) is 4.47. The number of nitrogens with zero attached hydrogens (tertiary/aromatic N) is 4. The summed E-state index contributed by atoms with van der Waals surface area (Å²) in [6, 6.07) is 3.27. The van der Waals surface area contributed by atoms with Crippen LogP contribution in [0.2, 0.25) is 0 Å². The summed E-state index contributed by atoms with van der Waals surface area (Å²) in [5, 5.41) is 13.5. The molecule has 0 saturated carbocycles.